The number of hydrogen-bond acceptors (Lipinski definition) is 1. The summed E-state index contributed by atoms with van der Waals surface area (Å²) in [6.07, 6.45) is 1.20. The van der Waals surface area contributed by atoms with Gasteiger partial charge in [-0.25, -0.2) is 0 Å². The highest BCUT2D eigenvalue weighted by atomic mass is 14.9. The first-order valence-corrected chi connectivity index (χ1v) is 4.99. The smallest absolute Gasteiger partial charge is 0.0211 e. The molecule has 1 aliphatic rings. The van der Waals surface area contributed by atoms with E-state index in [0.717, 1.165) is 13.1 Å². The van der Waals surface area contributed by atoms with Crippen LogP contribution in [0.2, 0.25) is 0 Å². The Kier molecular flexibility index (Phi) is 2.12. The van der Waals surface area contributed by atoms with Crippen molar-refractivity contribution >= 4 is 0 Å². The van der Waals surface area contributed by atoms with Crippen molar-refractivity contribution in [3.8, 4) is 0 Å². The summed E-state index contributed by atoms with van der Waals surface area (Å²) < 4.78 is 0. The lowest BCUT2D eigenvalue weighted by atomic mass is 9.89. The molecule has 1 aliphatic heterocycles. The number of benzene rings is 1. The summed E-state index contributed by atoms with van der Waals surface area (Å²) in [5, 5.41) is 3.43. The first-order chi connectivity index (χ1) is 6.20. The molecule has 0 spiro atoms. The Balaban J connectivity index is 2.63. The molecule has 1 N–H and O–H groups in total. The molecule has 1 aromatic carbocycles. The third-order valence-electron chi connectivity index (χ3n) is 3.17. The van der Waals surface area contributed by atoms with Crippen LogP contribution in [0.25, 0.3) is 0 Å². The lowest BCUT2D eigenvalue weighted by Gasteiger charge is -2.22. The lowest BCUT2D eigenvalue weighted by molar-refractivity contribution is 0.637. The van der Waals surface area contributed by atoms with Gasteiger partial charge in [-0.1, -0.05) is 6.07 Å². The largest absolute Gasteiger partial charge is 0.312 e. The zero-order valence-corrected chi connectivity index (χ0v) is 8.70. The van der Waals surface area contributed by atoms with Crippen LogP contribution in [0.4, 0.5) is 0 Å². The van der Waals surface area contributed by atoms with Crippen molar-refractivity contribution < 1.29 is 0 Å². The number of rotatable bonds is 0. The van der Waals surface area contributed by atoms with Crippen molar-refractivity contribution in [2.75, 3.05) is 6.54 Å². The van der Waals surface area contributed by atoms with E-state index < -0.39 is 0 Å². The standard InChI is InChI=1S/C12H17N/c1-8-6-9(2)12-7-13-5-4-11(12)10(8)3/h6,13H,4-5,7H2,1-3H3. The minimum atomic E-state index is 1.06. The summed E-state index contributed by atoms with van der Waals surface area (Å²) in [5.41, 5.74) is 7.52. The number of hydrogen-bond donors (Lipinski definition) is 1. The van der Waals surface area contributed by atoms with Crippen molar-refractivity contribution in [3.63, 3.8) is 0 Å². The van der Waals surface area contributed by atoms with Crippen molar-refractivity contribution in [2.24, 2.45) is 0 Å². The Morgan fingerprint density at radius 1 is 1.08 bits per heavy atom. The zero-order chi connectivity index (χ0) is 9.42. The fourth-order valence-corrected chi connectivity index (χ4v) is 2.23. The van der Waals surface area contributed by atoms with Gasteiger partial charge in [0.1, 0.15) is 0 Å². The molecule has 13 heavy (non-hydrogen) atoms. The molecule has 0 radical (unpaired) electrons. The van der Waals surface area contributed by atoms with E-state index in [4.69, 9.17) is 0 Å². The predicted molar refractivity (Wildman–Crippen MR) is 56.1 cm³/mol. The molecule has 0 unspecified atom stereocenters. The first-order valence-electron chi connectivity index (χ1n) is 4.99. The predicted octanol–water partition coefficient (Wildman–Crippen LogP) is 2.26. The first kappa shape index (κ1) is 8.76. The highest BCUT2D eigenvalue weighted by Crippen LogP contribution is 2.24. The molecule has 0 saturated heterocycles. The summed E-state index contributed by atoms with van der Waals surface area (Å²) in [6.45, 7) is 8.88. The summed E-state index contributed by atoms with van der Waals surface area (Å²) in [5.74, 6) is 0. The Morgan fingerprint density at radius 2 is 1.85 bits per heavy atom. The van der Waals surface area contributed by atoms with Gasteiger partial charge in [0.05, 0.1) is 0 Å². The molecule has 0 saturated carbocycles. The zero-order valence-electron chi connectivity index (χ0n) is 8.70. The maximum atomic E-state index is 3.43. The Labute approximate surface area is 80.2 Å². The quantitative estimate of drug-likeness (QED) is 0.637. The lowest BCUT2D eigenvalue weighted by Crippen LogP contribution is -2.25. The van der Waals surface area contributed by atoms with Gasteiger partial charge in [0.15, 0.2) is 0 Å². The molecule has 70 valence electrons. The van der Waals surface area contributed by atoms with E-state index >= 15 is 0 Å². The van der Waals surface area contributed by atoms with E-state index in [9.17, 15) is 0 Å². The molecule has 1 heterocycles. The molecule has 0 atom stereocenters. The molecule has 0 fully saturated rings. The van der Waals surface area contributed by atoms with Gasteiger partial charge in [-0.15, -0.1) is 0 Å². The third-order valence-corrected chi connectivity index (χ3v) is 3.17. The van der Waals surface area contributed by atoms with E-state index in [1.165, 1.54) is 28.7 Å². The highest BCUT2D eigenvalue weighted by Gasteiger charge is 2.14. The minimum absolute atomic E-state index is 1.06. The maximum Gasteiger partial charge on any atom is 0.0211 e. The summed E-state index contributed by atoms with van der Waals surface area (Å²) >= 11 is 0. The maximum absolute atomic E-state index is 3.43. The van der Waals surface area contributed by atoms with Crippen LogP contribution in [0.1, 0.15) is 27.8 Å². The third kappa shape index (κ3) is 1.37. The SMILES string of the molecule is Cc1cc(C)c2c(c1C)CCNC2. The molecule has 0 aliphatic carbocycles. The summed E-state index contributed by atoms with van der Waals surface area (Å²) in [6, 6.07) is 2.31. The summed E-state index contributed by atoms with van der Waals surface area (Å²) in [4.78, 5) is 0. The van der Waals surface area contributed by atoms with Crippen LogP contribution in [0.3, 0.4) is 0 Å². The van der Waals surface area contributed by atoms with Gasteiger partial charge in [-0.05, 0) is 61.6 Å². The molecule has 0 aromatic heterocycles. The van der Waals surface area contributed by atoms with E-state index in [1.807, 2.05) is 0 Å². The van der Waals surface area contributed by atoms with Gasteiger partial charge in [-0.2, -0.15) is 0 Å². The van der Waals surface area contributed by atoms with Crippen LogP contribution in [0.15, 0.2) is 6.07 Å². The number of fused-ring (bicyclic) bond motifs is 1. The van der Waals surface area contributed by atoms with Crippen LogP contribution in [0.5, 0.6) is 0 Å². The van der Waals surface area contributed by atoms with Gasteiger partial charge >= 0.3 is 0 Å². The van der Waals surface area contributed by atoms with Crippen molar-refractivity contribution in [1.29, 1.82) is 0 Å². The second-order valence-corrected chi connectivity index (χ2v) is 4.02. The fourth-order valence-electron chi connectivity index (χ4n) is 2.23. The molecular weight excluding hydrogens is 158 g/mol. The van der Waals surface area contributed by atoms with Crippen molar-refractivity contribution in [1.82, 2.24) is 5.32 Å². The molecule has 2 rings (SSSR count). The average molecular weight is 175 g/mol. The second kappa shape index (κ2) is 3.15. The Hall–Kier alpha value is -0.820. The van der Waals surface area contributed by atoms with Crippen molar-refractivity contribution in [3.05, 3.63) is 33.9 Å². The van der Waals surface area contributed by atoms with Crippen LogP contribution in [0, 0.1) is 20.8 Å². The van der Waals surface area contributed by atoms with Crippen LogP contribution in [-0.4, -0.2) is 6.54 Å². The van der Waals surface area contributed by atoms with Gasteiger partial charge in [-0.3, -0.25) is 0 Å². The normalized spacial score (nSPS) is 15.6. The van der Waals surface area contributed by atoms with Gasteiger partial charge in [0, 0.05) is 6.54 Å². The van der Waals surface area contributed by atoms with Crippen LogP contribution >= 0.6 is 0 Å². The molecular formula is C12H17N. The second-order valence-electron chi connectivity index (χ2n) is 4.02. The van der Waals surface area contributed by atoms with E-state index in [2.05, 4.69) is 32.2 Å². The highest BCUT2D eigenvalue weighted by molar-refractivity contribution is 5.45. The van der Waals surface area contributed by atoms with Crippen LogP contribution < -0.4 is 5.32 Å². The average Bonchev–Trinajstić information content (AvgIpc) is 2.15. The summed E-state index contributed by atoms with van der Waals surface area (Å²) in [7, 11) is 0. The minimum Gasteiger partial charge on any atom is -0.312 e. The topological polar surface area (TPSA) is 12.0 Å². The Bertz CT molecular complexity index is 339. The number of nitrogens with one attached hydrogen (secondary N) is 1. The van der Waals surface area contributed by atoms with Gasteiger partial charge < -0.3 is 5.32 Å². The fraction of sp³-hybridized carbons (Fsp3) is 0.500. The monoisotopic (exact) mass is 175 g/mol. The van der Waals surface area contributed by atoms with Gasteiger partial charge in [0.25, 0.3) is 0 Å². The molecule has 0 amide bonds. The van der Waals surface area contributed by atoms with E-state index in [-0.39, 0.29) is 0 Å². The van der Waals surface area contributed by atoms with E-state index in [1.54, 1.807) is 5.56 Å². The van der Waals surface area contributed by atoms with Gasteiger partial charge in [0.2, 0.25) is 0 Å². The van der Waals surface area contributed by atoms with Crippen molar-refractivity contribution in [2.45, 2.75) is 33.7 Å². The molecule has 0 bridgehead atoms. The molecule has 1 heteroatoms. The molecule has 1 aromatic rings. The van der Waals surface area contributed by atoms with Crippen LogP contribution in [-0.2, 0) is 13.0 Å². The Morgan fingerprint density at radius 3 is 2.62 bits per heavy atom. The molecule has 1 nitrogen and oxygen atoms in total. The number of aryl methyl sites for hydroxylation is 2. The van der Waals surface area contributed by atoms with E-state index in [0.29, 0.717) is 0 Å².